The molecule has 0 amide bonds. The number of carbonyl (C=O) groups is 1. The first-order valence-electron chi connectivity index (χ1n) is 5.93. The highest BCUT2D eigenvalue weighted by atomic mass is 19.1. The lowest BCUT2D eigenvalue weighted by Gasteiger charge is -2.35. The van der Waals surface area contributed by atoms with E-state index in [-0.39, 0.29) is 18.7 Å². The van der Waals surface area contributed by atoms with Crippen molar-refractivity contribution in [1.82, 2.24) is 4.90 Å². The van der Waals surface area contributed by atoms with Crippen LogP contribution in [0, 0.1) is 5.82 Å². The molecule has 2 rings (SSSR count). The Morgan fingerprint density at radius 2 is 1.94 bits per heavy atom. The molecule has 1 aliphatic rings. The lowest BCUT2D eigenvalue weighted by Crippen LogP contribution is -2.49. The zero-order valence-electron chi connectivity index (χ0n) is 9.97. The largest absolute Gasteiger partial charge is 0.479 e. The smallest absolute Gasteiger partial charge is 0.335 e. The summed E-state index contributed by atoms with van der Waals surface area (Å²) in [6, 6.07) is 6.54. The molecule has 0 bridgehead atoms. The van der Waals surface area contributed by atoms with Crippen LogP contribution < -0.4 is 0 Å². The van der Waals surface area contributed by atoms with E-state index in [1.165, 1.54) is 6.07 Å². The Balaban J connectivity index is 1.95. The lowest BCUT2D eigenvalue weighted by molar-refractivity contribution is -0.163. The summed E-state index contributed by atoms with van der Waals surface area (Å²) in [5.41, 5.74) is -1.02. The quantitative estimate of drug-likeness (QED) is 0.850. The summed E-state index contributed by atoms with van der Waals surface area (Å²) in [5, 5.41) is 18.7. The first kappa shape index (κ1) is 13.0. The lowest BCUT2D eigenvalue weighted by atomic mass is 9.91. The molecular formula is C13H16FNO3. The van der Waals surface area contributed by atoms with E-state index < -0.39 is 11.6 Å². The van der Waals surface area contributed by atoms with Gasteiger partial charge in [-0.25, -0.2) is 9.18 Å². The second-order valence-corrected chi connectivity index (χ2v) is 4.70. The number of hydrogen-bond donors (Lipinski definition) is 2. The van der Waals surface area contributed by atoms with Gasteiger partial charge in [-0.3, -0.25) is 4.90 Å². The standard InChI is InChI=1S/C13H16FNO3/c14-11-4-2-1-3-10(11)9-15-7-5-13(18,6-8-15)12(16)17/h1-4,18H,5-9H2,(H,16,17). The van der Waals surface area contributed by atoms with Crippen LogP contribution in [0.1, 0.15) is 18.4 Å². The van der Waals surface area contributed by atoms with Crippen LogP contribution in [0.4, 0.5) is 4.39 Å². The highest BCUT2D eigenvalue weighted by Gasteiger charge is 2.39. The zero-order valence-corrected chi connectivity index (χ0v) is 9.97. The van der Waals surface area contributed by atoms with Crippen LogP contribution in [-0.4, -0.2) is 39.8 Å². The number of halogens is 1. The van der Waals surface area contributed by atoms with Crippen molar-refractivity contribution in [2.45, 2.75) is 25.0 Å². The van der Waals surface area contributed by atoms with Crippen LogP contribution in [0.5, 0.6) is 0 Å². The second kappa shape index (κ2) is 5.04. The average molecular weight is 253 g/mol. The van der Waals surface area contributed by atoms with Gasteiger partial charge in [-0.2, -0.15) is 0 Å². The van der Waals surface area contributed by atoms with E-state index in [9.17, 15) is 14.3 Å². The number of likely N-dealkylation sites (tertiary alicyclic amines) is 1. The Hall–Kier alpha value is -1.46. The summed E-state index contributed by atoms with van der Waals surface area (Å²) in [6.07, 6.45) is 0.355. The van der Waals surface area contributed by atoms with Crippen LogP contribution in [0.3, 0.4) is 0 Å². The van der Waals surface area contributed by atoms with Gasteiger partial charge in [0, 0.05) is 25.2 Å². The fourth-order valence-corrected chi connectivity index (χ4v) is 2.16. The number of nitrogens with zero attached hydrogens (tertiary/aromatic N) is 1. The molecule has 0 aromatic heterocycles. The molecule has 5 heteroatoms. The normalized spacial score (nSPS) is 19.7. The molecule has 0 atom stereocenters. The van der Waals surface area contributed by atoms with Crippen LogP contribution in [0.2, 0.25) is 0 Å². The molecule has 98 valence electrons. The Bertz CT molecular complexity index is 442. The van der Waals surface area contributed by atoms with E-state index in [1.807, 2.05) is 4.90 Å². The van der Waals surface area contributed by atoms with Gasteiger partial charge >= 0.3 is 5.97 Å². The number of rotatable bonds is 3. The molecule has 4 nitrogen and oxygen atoms in total. The fraction of sp³-hybridized carbons (Fsp3) is 0.462. The summed E-state index contributed by atoms with van der Waals surface area (Å²) in [7, 11) is 0. The SMILES string of the molecule is O=C(O)C1(O)CCN(Cc2ccccc2F)CC1. The highest BCUT2D eigenvalue weighted by molar-refractivity contribution is 5.77. The van der Waals surface area contributed by atoms with Crippen molar-refractivity contribution in [2.24, 2.45) is 0 Å². The zero-order chi connectivity index (χ0) is 13.2. The third-order valence-electron chi connectivity index (χ3n) is 3.43. The minimum atomic E-state index is -1.62. The van der Waals surface area contributed by atoms with Crippen LogP contribution >= 0.6 is 0 Å². The third kappa shape index (κ3) is 2.68. The number of hydrogen-bond acceptors (Lipinski definition) is 3. The molecule has 1 heterocycles. The summed E-state index contributed by atoms with van der Waals surface area (Å²) < 4.78 is 13.5. The van der Waals surface area contributed by atoms with Gasteiger partial charge in [0.05, 0.1) is 0 Å². The molecule has 0 aliphatic carbocycles. The van der Waals surface area contributed by atoms with Gasteiger partial charge < -0.3 is 10.2 Å². The van der Waals surface area contributed by atoms with E-state index in [2.05, 4.69) is 0 Å². The number of aliphatic carboxylic acids is 1. The first-order valence-corrected chi connectivity index (χ1v) is 5.93. The minimum absolute atomic E-state index is 0.177. The van der Waals surface area contributed by atoms with Gasteiger partial charge in [0.2, 0.25) is 0 Å². The van der Waals surface area contributed by atoms with E-state index >= 15 is 0 Å². The monoisotopic (exact) mass is 253 g/mol. The highest BCUT2D eigenvalue weighted by Crippen LogP contribution is 2.23. The van der Waals surface area contributed by atoms with Crippen LogP contribution in [0.25, 0.3) is 0 Å². The van der Waals surface area contributed by atoms with Crippen molar-refractivity contribution in [3.8, 4) is 0 Å². The number of aliphatic hydroxyl groups is 1. The average Bonchev–Trinajstić information content (AvgIpc) is 2.35. The van der Waals surface area contributed by atoms with E-state index in [0.29, 0.717) is 25.2 Å². The first-order chi connectivity index (χ1) is 8.51. The molecule has 1 aromatic carbocycles. The van der Waals surface area contributed by atoms with Crippen molar-refractivity contribution in [3.63, 3.8) is 0 Å². The van der Waals surface area contributed by atoms with Crippen molar-refractivity contribution in [1.29, 1.82) is 0 Å². The van der Waals surface area contributed by atoms with Crippen molar-refractivity contribution in [2.75, 3.05) is 13.1 Å². The third-order valence-corrected chi connectivity index (χ3v) is 3.43. The molecule has 0 spiro atoms. The maximum atomic E-state index is 13.5. The van der Waals surface area contributed by atoms with Crippen molar-refractivity contribution in [3.05, 3.63) is 35.6 Å². The number of carboxylic acid groups (broad SMARTS) is 1. The summed E-state index contributed by atoms with van der Waals surface area (Å²) in [6.45, 7) is 1.36. The van der Waals surface area contributed by atoms with E-state index in [1.54, 1.807) is 18.2 Å². The second-order valence-electron chi connectivity index (χ2n) is 4.70. The van der Waals surface area contributed by atoms with Gasteiger partial charge in [0.25, 0.3) is 0 Å². The number of carboxylic acids is 1. The molecule has 0 saturated carbocycles. The molecular weight excluding hydrogens is 237 g/mol. The molecule has 1 aromatic rings. The Morgan fingerprint density at radius 3 is 2.50 bits per heavy atom. The Morgan fingerprint density at radius 1 is 1.33 bits per heavy atom. The predicted molar refractivity (Wildman–Crippen MR) is 63.5 cm³/mol. The summed E-state index contributed by atoms with van der Waals surface area (Å²) in [4.78, 5) is 12.8. The van der Waals surface area contributed by atoms with Crippen molar-refractivity contribution >= 4 is 5.97 Å². The van der Waals surface area contributed by atoms with Gasteiger partial charge in [-0.05, 0) is 18.9 Å². The van der Waals surface area contributed by atoms with Gasteiger partial charge in [-0.15, -0.1) is 0 Å². The minimum Gasteiger partial charge on any atom is -0.479 e. The molecule has 1 aliphatic heterocycles. The molecule has 0 radical (unpaired) electrons. The fourth-order valence-electron chi connectivity index (χ4n) is 2.16. The molecule has 18 heavy (non-hydrogen) atoms. The van der Waals surface area contributed by atoms with E-state index in [0.717, 1.165) is 0 Å². The van der Waals surface area contributed by atoms with Crippen molar-refractivity contribution < 1.29 is 19.4 Å². The van der Waals surface area contributed by atoms with Crippen LogP contribution in [-0.2, 0) is 11.3 Å². The van der Waals surface area contributed by atoms with Crippen LogP contribution in [0.15, 0.2) is 24.3 Å². The van der Waals surface area contributed by atoms with Gasteiger partial charge in [0.15, 0.2) is 5.60 Å². The molecule has 1 saturated heterocycles. The topological polar surface area (TPSA) is 60.8 Å². The number of benzene rings is 1. The summed E-state index contributed by atoms with van der Waals surface area (Å²) in [5.74, 6) is -1.43. The van der Waals surface area contributed by atoms with Gasteiger partial charge in [0.1, 0.15) is 5.82 Å². The van der Waals surface area contributed by atoms with E-state index in [4.69, 9.17) is 5.11 Å². The Kier molecular flexibility index (Phi) is 3.63. The summed E-state index contributed by atoms with van der Waals surface area (Å²) >= 11 is 0. The maximum Gasteiger partial charge on any atom is 0.335 e. The maximum absolute atomic E-state index is 13.5. The molecule has 1 fully saturated rings. The predicted octanol–water partition coefficient (Wildman–Crippen LogP) is 1.24. The molecule has 2 N–H and O–H groups in total. The molecule has 0 unspecified atom stereocenters. The Labute approximate surface area is 105 Å². The number of piperidine rings is 1. The van der Waals surface area contributed by atoms with Gasteiger partial charge in [-0.1, -0.05) is 18.2 Å².